The average molecular weight is 277 g/mol. The summed E-state index contributed by atoms with van der Waals surface area (Å²) < 4.78 is 5.60. The van der Waals surface area contributed by atoms with E-state index >= 15 is 0 Å². The third-order valence-corrected chi connectivity index (χ3v) is 4.45. The maximum absolute atomic E-state index is 9.38. The van der Waals surface area contributed by atoms with Gasteiger partial charge in [0.05, 0.1) is 17.4 Å². The van der Waals surface area contributed by atoms with Crippen LogP contribution in [0.5, 0.6) is 0 Å². The second-order valence-electron chi connectivity index (χ2n) is 4.57. The molecule has 0 bridgehead atoms. The monoisotopic (exact) mass is 277 g/mol. The fraction of sp³-hybridized carbons (Fsp3) is 0.643. The van der Waals surface area contributed by atoms with Crippen LogP contribution in [-0.2, 0) is 17.6 Å². The van der Waals surface area contributed by atoms with Crippen LogP contribution in [0.1, 0.15) is 43.5 Å². The van der Waals surface area contributed by atoms with Gasteiger partial charge in [-0.2, -0.15) is 10.4 Å². The molecule has 19 heavy (non-hydrogen) atoms. The molecule has 1 aliphatic rings. The summed E-state index contributed by atoms with van der Waals surface area (Å²) in [5.41, 5.74) is 2.70. The van der Waals surface area contributed by atoms with Crippen LogP contribution in [0.3, 0.4) is 0 Å². The number of thioether (sulfide) groups is 1. The van der Waals surface area contributed by atoms with Crippen molar-refractivity contribution in [3.05, 3.63) is 16.8 Å². The van der Waals surface area contributed by atoms with Crippen molar-refractivity contribution in [2.75, 3.05) is 12.4 Å². The molecule has 5 heteroatoms. The van der Waals surface area contributed by atoms with E-state index in [0.717, 1.165) is 54.3 Å². The molecule has 0 spiro atoms. The minimum atomic E-state index is 0.300. The van der Waals surface area contributed by atoms with Crippen molar-refractivity contribution < 1.29 is 4.74 Å². The fourth-order valence-corrected chi connectivity index (χ4v) is 3.34. The van der Waals surface area contributed by atoms with Crippen molar-refractivity contribution in [1.29, 1.82) is 5.26 Å². The molecule has 102 valence electrons. The quantitative estimate of drug-likeness (QED) is 0.774. The fourth-order valence-electron chi connectivity index (χ4n) is 2.32. The number of nitriles is 1. The van der Waals surface area contributed by atoms with Crippen LogP contribution in [-0.4, -0.2) is 28.7 Å². The summed E-state index contributed by atoms with van der Waals surface area (Å²) in [6, 6.07) is 2.30. The Bertz CT molecular complexity index is 478. The van der Waals surface area contributed by atoms with E-state index in [0.29, 0.717) is 11.7 Å². The van der Waals surface area contributed by atoms with Gasteiger partial charge in [0.25, 0.3) is 0 Å². The first-order valence-corrected chi connectivity index (χ1v) is 7.81. The lowest BCUT2D eigenvalue weighted by molar-refractivity contribution is 0.129. The van der Waals surface area contributed by atoms with Gasteiger partial charge in [0.15, 0.2) is 0 Å². The van der Waals surface area contributed by atoms with Crippen LogP contribution < -0.4 is 0 Å². The molecule has 0 N–H and O–H groups in total. The molecular weight excluding hydrogens is 258 g/mol. The molecule has 1 unspecified atom stereocenters. The van der Waals surface area contributed by atoms with Crippen molar-refractivity contribution in [2.45, 2.75) is 50.7 Å². The predicted octanol–water partition coefficient (Wildman–Crippen LogP) is 2.74. The average Bonchev–Trinajstić information content (AvgIpc) is 2.96. The predicted molar refractivity (Wildman–Crippen MR) is 75.2 cm³/mol. The van der Waals surface area contributed by atoms with Gasteiger partial charge in [0.1, 0.15) is 11.1 Å². The molecule has 0 amide bonds. The van der Waals surface area contributed by atoms with Gasteiger partial charge in [-0.15, -0.1) is 16.9 Å². The number of hydrogen-bond donors (Lipinski definition) is 0. The summed E-state index contributed by atoms with van der Waals surface area (Å²) >= 11 is 1.60. The van der Waals surface area contributed by atoms with Crippen LogP contribution in [0.2, 0.25) is 0 Å². The molecule has 2 heterocycles. The molecule has 0 radical (unpaired) electrons. The van der Waals surface area contributed by atoms with Crippen LogP contribution in [0, 0.1) is 11.3 Å². The van der Waals surface area contributed by atoms with E-state index in [-0.39, 0.29) is 0 Å². The molecule has 2 rings (SSSR count). The van der Waals surface area contributed by atoms with Gasteiger partial charge in [-0.1, -0.05) is 13.8 Å². The van der Waals surface area contributed by atoms with E-state index in [2.05, 4.69) is 23.2 Å². The molecule has 1 saturated heterocycles. The minimum Gasteiger partial charge on any atom is -0.377 e. The Labute approximate surface area is 118 Å². The summed E-state index contributed by atoms with van der Waals surface area (Å²) in [4.78, 5) is 0. The maximum atomic E-state index is 9.38. The van der Waals surface area contributed by atoms with Crippen molar-refractivity contribution >= 4 is 11.8 Å². The van der Waals surface area contributed by atoms with E-state index in [9.17, 15) is 5.26 Å². The highest BCUT2D eigenvalue weighted by molar-refractivity contribution is 7.99. The van der Waals surface area contributed by atoms with Crippen LogP contribution in [0.25, 0.3) is 0 Å². The van der Waals surface area contributed by atoms with Crippen molar-refractivity contribution in [2.24, 2.45) is 0 Å². The van der Waals surface area contributed by atoms with E-state index in [1.807, 2.05) is 6.92 Å². The van der Waals surface area contributed by atoms with E-state index in [1.54, 1.807) is 11.8 Å². The lowest BCUT2D eigenvalue weighted by Gasteiger charge is -2.12. The zero-order valence-electron chi connectivity index (χ0n) is 11.5. The summed E-state index contributed by atoms with van der Waals surface area (Å²) in [6.45, 7) is 4.96. The van der Waals surface area contributed by atoms with Gasteiger partial charge in [-0.3, -0.25) is 0 Å². The highest BCUT2D eigenvalue weighted by atomic mass is 32.2. The largest absolute Gasteiger partial charge is 0.377 e. The lowest BCUT2D eigenvalue weighted by Crippen LogP contribution is -2.10. The second kappa shape index (κ2) is 6.88. The zero-order valence-corrected chi connectivity index (χ0v) is 12.3. The SMILES string of the molecule is CCc1nnc(SCC2CCCO2)c(C#N)c1CC. The number of nitrogens with zero attached hydrogens (tertiary/aromatic N) is 3. The Morgan fingerprint density at radius 2 is 2.21 bits per heavy atom. The summed E-state index contributed by atoms with van der Waals surface area (Å²) in [5, 5.41) is 18.6. The Morgan fingerprint density at radius 1 is 1.37 bits per heavy atom. The third-order valence-electron chi connectivity index (χ3n) is 3.36. The molecular formula is C14H19N3OS. The smallest absolute Gasteiger partial charge is 0.137 e. The van der Waals surface area contributed by atoms with Crippen molar-refractivity contribution in [1.82, 2.24) is 10.2 Å². The first-order chi connectivity index (χ1) is 9.30. The molecule has 1 atom stereocenters. The molecule has 0 aliphatic carbocycles. The molecule has 0 aromatic carbocycles. The van der Waals surface area contributed by atoms with E-state index in [4.69, 9.17) is 4.74 Å². The Balaban J connectivity index is 2.17. The maximum Gasteiger partial charge on any atom is 0.137 e. The normalized spacial score (nSPS) is 18.5. The molecule has 4 nitrogen and oxygen atoms in total. The number of ether oxygens (including phenoxy) is 1. The minimum absolute atomic E-state index is 0.300. The Hall–Kier alpha value is -1.12. The third kappa shape index (κ3) is 3.26. The van der Waals surface area contributed by atoms with Gasteiger partial charge in [0, 0.05) is 12.4 Å². The van der Waals surface area contributed by atoms with Gasteiger partial charge < -0.3 is 4.74 Å². The van der Waals surface area contributed by atoms with Gasteiger partial charge in [-0.05, 0) is 31.2 Å². The standard InChI is InChI=1S/C14H19N3OS/c1-3-11-12(8-15)14(17-16-13(11)4-2)19-9-10-6-5-7-18-10/h10H,3-7,9H2,1-2H3. The number of aromatic nitrogens is 2. The molecule has 0 saturated carbocycles. The van der Waals surface area contributed by atoms with Crippen molar-refractivity contribution in [3.63, 3.8) is 0 Å². The number of aryl methyl sites for hydroxylation is 1. The zero-order chi connectivity index (χ0) is 13.7. The second-order valence-corrected chi connectivity index (χ2v) is 5.58. The van der Waals surface area contributed by atoms with Gasteiger partial charge in [0.2, 0.25) is 0 Å². The highest BCUT2D eigenvalue weighted by Crippen LogP contribution is 2.27. The molecule has 1 aliphatic heterocycles. The first kappa shape index (κ1) is 14.3. The van der Waals surface area contributed by atoms with Gasteiger partial charge in [-0.25, -0.2) is 0 Å². The summed E-state index contributed by atoms with van der Waals surface area (Å²) in [5.74, 6) is 0.859. The van der Waals surface area contributed by atoms with E-state index < -0.39 is 0 Å². The van der Waals surface area contributed by atoms with Crippen molar-refractivity contribution in [3.8, 4) is 6.07 Å². The topological polar surface area (TPSA) is 58.8 Å². The lowest BCUT2D eigenvalue weighted by atomic mass is 10.1. The van der Waals surface area contributed by atoms with Gasteiger partial charge >= 0.3 is 0 Å². The van der Waals surface area contributed by atoms with Crippen LogP contribution >= 0.6 is 11.8 Å². The first-order valence-electron chi connectivity index (χ1n) is 6.83. The Kier molecular flexibility index (Phi) is 5.17. The Morgan fingerprint density at radius 3 is 2.79 bits per heavy atom. The van der Waals surface area contributed by atoms with Crippen LogP contribution in [0.15, 0.2) is 5.03 Å². The van der Waals surface area contributed by atoms with E-state index in [1.165, 1.54) is 0 Å². The summed E-state index contributed by atoms with van der Waals surface area (Å²) in [7, 11) is 0. The highest BCUT2D eigenvalue weighted by Gasteiger charge is 2.19. The molecule has 1 aromatic heterocycles. The van der Waals surface area contributed by atoms with Crippen LogP contribution in [0.4, 0.5) is 0 Å². The molecule has 1 aromatic rings. The number of hydrogen-bond acceptors (Lipinski definition) is 5. The summed E-state index contributed by atoms with van der Waals surface area (Å²) in [6.07, 6.45) is 4.19. The number of rotatable bonds is 5. The molecule has 1 fully saturated rings.